The van der Waals surface area contributed by atoms with E-state index in [9.17, 15) is 4.79 Å². The van der Waals surface area contributed by atoms with Gasteiger partial charge in [-0.2, -0.15) is 0 Å². The lowest BCUT2D eigenvalue weighted by molar-refractivity contribution is 0.0915. The molecule has 2 atom stereocenters. The maximum absolute atomic E-state index is 11.7. The smallest absolute Gasteiger partial charge is 0.307 e. The zero-order valence-corrected chi connectivity index (χ0v) is 9.17. The predicted molar refractivity (Wildman–Crippen MR) is 61.6 cm³/mol. The highest BCUT2D eigenvalue weighted by Gasteiger charge is 2.39. The summed E-state index contributed by atoms with van der Waals surface area (Å²) in [6.07, 6.45) is 3.85. The van der Waals surface area contributed by atoms with Gasteiger partial charge in [0.05, 0.1) is 6.20 Å². The van der Waals surface area contributed by atoms with Crippen LogP contribution in [0.1, 0.15) is 28.6 Å². The lowest BCUT2D eigenvalue weighted by Gasteiger charge is -2.01. The Morgan fingerprint density at radius 2 is 2.18 bits per heavy atom. The SMILES string of the molecule is O=C(N[C@@H]1C[C@H]1c1ccccc1)c1ncco1. The van der Waals surface area contributed by atoms with Gasteiger partial charge in [-0.15, -0.1) is 0 Å². The van der Waals surface area contributed by atoms with E-state index in [4.69, 9.17) is 4.42 Å². The van der Waals surface area contributed by atoms with Crippen molar-refractivity contribution in [2.75, 3.05) is 0 Å². The molecular weight excluding hydrogens is 216 g/mol. The van der Waals surface area contributed by atoms with E-state index in [0.29, 0.717) is 5.92 Å². The topological polar surface area (TPSA) is 55.1 Å². The maximum Gasteiger partial charge on any atom is 0.307 e. The summed E-state index contributed by atoms with van der Waals surface area (Å²) in [6.45, 7) is 0. The van der Waals surface area contributed by atoms with Gasteiger partial charge in [0.25, 0.3) is 5.89 Å². The molecule has 1 saturated carbocycles. The van der Waals surface area contributed by atoms with Gasteiger partial charge in [-0.25, -0.2) is 4.98 Å². The van der Waals surface area contributed by atoms with Crippen molar-refractivity contribution in [3.63, 3.8) is 0 Å². The summed E-state index contributed by atoms with van der Waals surface area (Å²) in [5, 5.41) is 2.91. The number of rotatable bonds is 3. The van der Waals surface area contributed by atoms with Crippen molar-refractivity contribution >= 4 is 5.91 Å². The Balaban J connectivity index is 1.61. The highest BCUT2D eigenvalue weighted by molar-refractivity contribution is 5.90. The van der Waals surface area contributed by atoms with Gasteiger partial charge in [0.2, 0.25) is 0 Å². The summed E-state index contributed by atoms with van der Waals surface area (Å²) in [5.74, 6) is 0.317. The van der Waals surface area contributed by atoms with Crippen molar-refractivity contribution in [1.29, 1.82) is 0 Å². The lowest BCUT2D eigenvalue weighted by atomic mass is 10.1. The average molecular weight is 228 g/mol. The summed E-state index contributed by atoms with van der Waals surface area (Å²) in [7, 11) is 0. The van der Waals surface area contributed by atoms with Crippen molar-refractivity contribution < 1.29 is 9.21 Å². The van der Waals surface area contributed by atoms with Gasteiger partial charge >= 0.3 is 5.91 Å². The minimum Gasteiger partial charge on any atom is -0.441 e. The van der Waals surface area contributed by atoms with E-state index in [1.807, 2.05) is 18.2 Å². The summed E-state index contributed by atoms with van der Waals surface area (Å²) in [5.41, 5.74) is 1.27. The Bertz CT molecular complexity index is 507. The van der Waals surface area contributed by atoms with Gasteiger partial charge in [-0.1, -0.05) is 30.3 Å². The molecular formula is C13H12N2O2. The van der Waals surface area contributed by atoms with Crippen LogP contribution in [-0.2, 0) is 0 Å². The van der Waals surface area contributed by atoms with E-state index in [2.05, 4.69) is 22.4 Å². The molecule has 3 rings (SSSR count). The predicted octanol–water partition coefficient (Wildman–Crippen LogP) is 1.96. The first-order valence-corrected chi connectivity index (χ1v) is 5.60. The molecule has 1 aromatic carbocycles. The highest BCUT2D eigenvalue weighted by Crippen LogP contribution is 2.40. The first-order valence-electron chi connectivity index (χ1n) is 5.60. The monoisotopic (exact) mass is 228 g/mol. The first kappa shape index (κ1) is 10.1. The molecule has 1 aliphatic carbocycles. The molecule has 0 bridgehead atoms. The third kappa shape index (κ3) is 2.06. The lowest BCUT2D eigenvalue weighted by Crippen LogP contribution is -2.26. The van der Waals surface area contributed by atoms with Crippen LogP contribution in [0.5, 0.6) is 0 Å². The Morgan fingerprint density at radius 3 is 2.88 bits per heavy atom. The molecule has 0 spiro atoms. The standard InChI is InChI=1S/C13H12N2O2/c16-12(13-14-6-7-17-13)15-11-8-10(11)9-4-2-1-3-5-9/h1-7,10-11H,8H2,(H,15,16)/t10-,11+/m0/s1. The van der Waals surface area contributed by atoms with Gasteiger partial charge in [0.15, 0.2) is 0 Å². The van der Waals surface area contributed by atoms with Crippen LogP contribution in [0.3, 0.4) is 0 Å². The molecule has 4 nitrogen and oxygen atoms in total. The van der Waals surface area contributed by atoms with Crippen LogP contribution in [0, 0.1) is 0 Å². The number of carbonyl (C=O) groups excluding carboxylic acids is 1. The second-order valence-corrected chi connectivity index (χ2v) is 4.17. The Morgan fingerprint density at radius 1 is 1.35 bits per heavy atom. The van der Waals surface area contributed by atoms with Crippen LogP contribution < -0.4 is 5.32 Å². The Hall–Kier alpha value is -2.10. The van der Waals surface area contributed by atoms with Crippen LogP contribution in [0.4, 0.5) is 0 Å². The van der Waals surface area contributed by atoms with Crippen molar-refractivity contribution in [1.82, 2.24) is 10.3 Å². The highest BCUT2D eigenvalue weighted by atomic mass is 16.3. The number of aromatic nitrogens is 1. The molecule has 1 heterocycles. The third-order valence-electron chi connectivity index (χ3n) is 2.96. The van der Waals surface area contributed by atoms with Crippen LogP contribution >= 0.6 is 0 Å². The normalized spacial score (nSPS) is 22.1. The molecule has 1 N–H and O–H groups in total. The van der Waals surface area contributed by atoms with Gasteiger partial charge in [-0.3, -0.25) is 4.79 Å². The number of amides is 1. The molecule has 1 aliphatic rings. The van der Waals surface area contributed by atoms with Gasteiger partial charge in [-0.05, 0) is 12.0 Å². The summed E-state index contributed by atoms with van der Waals surface area (Å²) >= 11 is 0. The third-order valence-corrected chi connectivity index (χ3v) is 2.96. The maximum atomic E-state index is 11.7. The van der Waals surface area contributed by atoms with Crippen molar-refractivity contribution in [2.45, 2.75) is 18.4 Å². The fraction of sp³-hybridized carbons (Fsp3) is 0.231. The van der Waals surface area contributed by atoms with Crippen LogP contribution in [0.2, 0.25) is 0 Å². The number of nitrogens with zero attached hydrogens (tertiary/aromatic N) is 1. The average Bonchev–Trinajstić information content (AvgIpc) is 2.92. The minimum absolute atomic E-state index is 0.128. The second-order valence-electron chi connectivity index (χ2n) is 4.17. The van der Waals surface area contributed by atoms with Crippen LogP contribution in [0.25, 0.3) is 0 Å². The van der Waals surface area contributed by atoms with Gasteiger partial charge in [0, 0.05) is 12.0 Å². The summed E-state index contributed by atoms with van der Waals surface area (Å²) in [4.78, 5) is 15.5. The van der Waals surface area contributed by atoms with E-state index in [0.717, 1.165) is 6.42 Å². The minimum atomic E-state index is -0.238. The molecule has 0 saturated heterocycles. The van der Waals surface area contributed by atoms with E-state index >= 15 is 0 Å². The fourth-order valence-corrected chi connectivity index (χ4v) is 1.99. The Kier molecular flexibility index (Phi) is 2.40. The number of hydrogen-bond acceptors (Lipinski definition) is 3. The van der Waals surface area contributed by atoms with Gasteiger partial charge in [0.1, 0.15) is 6.26 Å². The Labute approximate surface area is 98.7 Å². The van der Waals surface area contributed by atoms with E-state index in [1.54, 1.807) is 0 Å². The number of oxazole rings is 1. The quantitative estimate of drug-likeness (QED) is 0.873. The molecule has 0 unspecified atom stereocenters. The van der Waals surface area contributed by atoms with E-state index < -0.39 is 0 Å². The largest absolute Gasteiger partial charge is 0.441 e. The molecule has 1 aromatic heterocycles. The number of nitrogens with one attached hydrogen (secondary N) is 1. The molecule has 0 radical (unpaired) electrons. The fourth-order valence-electron chi connectivity index (χ4n) is 1.99. The molecule has 0 aliphatic heterocycles. The first-order chi connectivity index (χ1) is 8.34. The number of carbonyl (C=O) groups is 1. The van der Waals surface area contributed by atoms with Crippen LogP contribution in [-0.4, -0.2) is 16.9 Å². The van der Waals surface area contributed by atoms with Crippen LogP contribution in [0.15, 0.2) is 47.2 Å². The van der Waals surface area contributed by atoms with E-state index in [-0.39, 0.29) is 17.8 Å². The molecule has 1 amide bonds. The zero-order chi connectivity index (χ0) is 11.7. The van der Waals surface area contributed by atoms with E-state index in [1.165, 1.54) is 18.0 Å². The molecule has 2 aromatic rings. The second kappa shape index (κ2) is 4.05. The zero-order valence-electron chi connectivity index (χ0n) is 9.17. The summed E-state index contributed by atoms with van der Waals surface area (Å²) in [6, 6.07) is 10.4. The molecule has 4 heteroatoms. The van der Waals surface area contributed by atoms with Crippen molar-refractivity contribution in [3.05, 3.63) is 54.2 Å². The number of benzene rings is 1. The number of hydrogen-bond donors (Lipinski definition) is 1. The molecule has 86 valence electrons. The van der Waals surface area contributed by atoms with Gasteiger partial charge < -0.3 is 9.73 Å². The summed E-state index contributed by atoms with van der Waals surface area (Å²) < 4.78 is 4.94. The molecule has 17 heavy (non-hydrogen) atoms. The van der Waals surface area contributed by atoms with Crippen molar-refractivity contribution in [2.24, 2.45) is 0 Å². The van der Waals surface area contributed by atoms with Crippen molar-refractivity contribution in [3.8, 4) is 0 Å². The molecule has 1 fully saturated rings.